The quantitative estimate of drug-likeness (QED) is 0.858. The summed E-state index contributed by atoms with van der Waals surface area (Å²) in [6.07, 6.45) is 1.61. The van der Waals surface area contributed by atoms with E-state index in [0.717, 1.165) is 5.56 Å². The van der Waals surface area contributed by atoms with Gasteiger partial charge in [-0.1, -0.05) is 19.9 Å². The van der Waals surface area contributed by atoms with Gasteiger partial charge in [-0.05, 0) is 49.2 Å². The Morgan fingerprint density at radius 3 is 2.40 bits per heavy atom. The van der Waals surface area contributed by atoms with Crippen molar-refractivity contribution in [1.82, 2.24) is 9.29 Å². The molecule has 0 bridgehead atoms. The summed E-state index contributed by atoms with van der Waals surface area (Å²) in [6.45, 7) is 7.99. The molecule has 0 spiro atoms. The molecule has 0 aliphatic rings. The van der Waals surface area contributed by atoms with E-state index in [0.29, 0.717) is 30.0 Å². The first kappa shape index (κ1) is 19.1. The van der Waals surface area contributed by atoms with E-state index < -0.39 is 10.0 Å². The Labute approximate surface area is 148 Å². The highest BCUT2D eigenvalue weighted by Crippen LogP contribution is 2.20. The van der Waals surface area contributed by atoms with Crippen LogP contribution in [0.1, 0.15) is 35.3 Å². The highest BCUT2D eigenvalue weighted by Gasteiger charge is 2.23. The van der Waals surface area contributed by atoms with E-state index in [9.17, 15) is 13.2 Å². The van der Waals surface area contributed by atoms with Crippen molar-refractivity contribution in [2.24, 2.45) is 0 Å². The van der Waals surface area contributed by atoms with Crippen molar-refractivity contribution in [3.63, 3.8) is 0 Å². The molecule has 1 N–H and O–H groups in total. The van der Waals surface area contributed by atoms with Gasteiger partial charge in [0.15, 0.2) is 0 Å². The van der Waals surface area contributed by atoms with Gasteiger partial charge in [0.2, 0.25) is 10.0 Å². The summed E-state index contributed by atoms with van der Waals surface area (Å²) in [5, 5.41) is 2.72. The van der Waals surface area contributed by atoms with Crippen LogP contribution < -0.4 is 5.32 Å². The van der Waals surface area contributed by atoms with Crippen LogP contribution in [0.2, 0.25) is 0 Å². The fourth-order valence-electron chi connectivity index (χ4n) is 2.51. The second-order valence-electron chi connectivity index (χ2n) is 5.74. The van der Waals surface area contributed by atoms with Gasteiger partial charge in [-0.2, -0.15) is 4.31 Å². The summed E-state index contributed by atoms with van der Waals surface area (Å²) in [7, 11) is -3.62. The minimum atomic E-state index is -3.62. The fraction of sp³-hybridized carbons (Fsp3) is 0.333. The number of carbonyl (C=O) groups excluding carboxylic acids is 1. The number of carbonyl (C=O) groups is 1. The number of aryl methyl sites for hydroxylation is 2. The number of pyridine rings is 1. The lowest BCUT2D eigenvalue weighted by atomic mass is 10.1. The van der Waals surface area contributed by atoms with Gasteiger partial charge in [0, 0.05) is 24.8 Å². The number of hydrogen-bond acceptors (Lipinski definition) is 4. The van der Waals surface area contributed by atoms with E-state index >= 15 is 0 Å². The summed E-state index contributed by atoms with van der Waals surface area (Å²) in [5.74, 6) is 0.0496. The Morgan fingerprint density at radius 2 is 1.80 bits per heavy atom. The average molecular weight is 361 g/mol. The topological polar surface area (TPSA) is 79.4 Å². The summed E-state index contributed by atoms with van der Waals surface area (Å²) >= 11 is 0. The monoisotopic (exact) mass is 361 g/mol. The van der Waals surface area contributed by atoms with Gasteiger partial charge in [-0.3, -0.25) is 4.79 Å². The molecule has 6 nitrogen and oxygen atoms in total. The highest BCUT2D eigenvalue weighted by molar-refractivity contribution is 7.89. The maximum Gasteiger partial charge on any atom is 0.257 e. The average Bonchev–Trinajstić information content (AvgIpc) is 2.55. The van der Waals surface area contributed by atoms with Crippen LogP contribution in [-0.2, 0) is 10.0 Å². The Balaban J connectivity index is 2.37. The van der Waals surface area contributed by atoms with E-state index in [1.807, 2.05) is 13.0 Å². The molecule has 0 aliphatic carbocycles. The number of rotatable bonds is 6. The van der Waals surface area contributed by atoms with Gasteiger partial charge in [0.25, 0.3) is 5.91 Å². The van der Waals surface area contributed by atoms with Crippen LogP contribution in [0.15, 0.2) is 41.4 Å². The first-order valence-corrected chi connectivity index (χ1v) is 9.58. The second-order valence-corrected chi connectivity index (χ2v) is 7.68. The Morgan fingerprint density at radius 1 is 1.12 bits per heavy atom. The Bertz CT molecular complexity index is 875. The second kappa shape index (κ2) is 7.76. The van der Waals surface area contributed by atoms with Crippen molar-refractivity contribution in [1.29, 1.82) is 0 Å². The third-order valence-corrected chi connectivity index (χ3v) is 6.00. The number of sulfonamides is 1. The van der Waals surface area contributed by atoms with Crippen LogP contribution in [0.3, 0.4) is 0 Å². The van der Waals surface area contributed by atoms with Crippen LogP contribution in [0, 0.1) is 13.8 Å². The van der Waals surface area contributed by atoms with Gasteiger partial charge in [0.05, 0.1) is 4.90 Å². The molecule has 0 fully saturated rings. The lowest BCUT2D eigenvalue weighted by molar-refractivity contribution is 0.102. The normalized spacial score (nSPS) is 11.6. The summed E-state index contributed by atoms with van der Waals surface area (Å²) in [5.41, 5.74) is 1.99. The highest BCUT2D eigenvalue weighted by atomic mass is 32.2. The molecule has 0 aliphatic heterocycles. The van der Waals surface area contributed by atoms with E-state index in [2.05, 4.69) is 10.3 Å². The Hall–Kier alpha value is -2.25. The predicted molar refractivity (Wildman–Crippen MR) is 98.2 cm³/mol. The van der Waals surface area contributed by atoms with E-state index in [4.69, 9.17) is 0 Å². The zero-order valence-corrected chi connectivity index (χ0v) is 15.7. The zero-order chi connectivity index (χ0) is 18.6. The first-order valence-electron chi connectivity index (χ1n) is 8.14. The molecule has 0 unspecified atom stereocenters. The lowest BCUT2D eigenvalue weighted by Crippen LogP contribution is -2.30. The summed E-state index contributed by atoms with van der Waals surface area (Å²) in [4.78, 5) is 16.8. The van der Waals surface area contributed by atoms with Crippen LogP contribution in [0.4, 0.5) is 5.82 Å². The van der Waals surface area contributed by atoms with Crippen molar-refractivity contribution >= 4 is 21.7 Å². The van der Waals surface area contributed by atoms with E-state index in [1.54, 1.807) is 39.1 Å². The molecule has 2 rings (SSSR count). The maximum absolute atomic E-state index is 12.7. The van der Waals surface area contributed by atoms with E-state index in [-0.39, 0.29) is 10.8 Å². The molecule has 0 atom stereocenters. The van der Waals surface area contributed by atoms with Crippen LogP contribution in [-0.4, -0.2) is 36.7 Å². The third kappa shape index (κ3) is 4.24. The molecular formula is C18H23N3O3S. The van der Waals surface area contributed by atoms with Gasteiger partial charge in [-0.15, -0.1) is 0 Å². The van der Waals surface area contributed by atoms with Crippen LogP contribution in [0.25, 0.3) is 0 Å². The van der Waals surface area contributed by atoms with Crippen molar-refractivity contribution in [3.05, 3.63) is 53.2 Å². The van der Waals surface area contributed by atoms with Crippen molar-refractivity contribution in [2.45, 2.75) is 32.6 Å². The molecule has 134 valence electrons. The molecule has 25 heavy (non-hydrogen) atoms. The third-order valence-electron chi connectivity index (χ3n) is 3.95. The fourth-order valence-corrected chi connectivity index (χ4v) is 3.99. The molecule has 0 radical (unpaired) electrons. The smallest absolute Gasteiger partial charge is 0.257 e. The molecule has 2 aromatic rings. The largest absolute Gasteiger partial charge is 0.307 e. The van der Waals surface area contributed by atoms with Crippen LogP contribution >= 0.6 is 0 Å². The number of amides is 1. The van der Waals surface area contributed by atoms with Crippen molar-refractivity contribution in [3.8, 4) is 0 Å². The maximum atomic E-state index is 12.7. The molecule has 1 heterocycles. The number of benzene rings is 1. The molecule has 1 aromatic heterocycles. The standard InChI is InChI=1S/C18H23N3O3S/c1-5-21(6-2)25(23,24)15-8-7-14(4)16(12-15)18(22)20-17-11-13(3)9-10-19-17/h7-12H,5-6H2,1-4H3,(H,19,20,22). The van der Waals surface area contributed by atoms with Gasteiger partial charge >= 0.3 is 0 Å². The number of aromatic nitrogens is 1. The molecule has 0 saturated heterocycles. The number of nitrogens with one attached hydrogen (secondary N) is 1. The number of nitrogens with zero attached hydrogens (tertiary/aromatic N) is 2. The summed E-state index contributed by atoms with van der Waals surface area (Å²) < 4.78 is 26.7. The lowest BCUT2D eigenvalue weighted by Gasteiger charge is -2.19. The first-order chi connectivity index (χ1) is 11.8. The minimum absolute atomic E-state index is 0.115. The van der Waals surface area contributed by atoms with Gasteiger partial charge in [-0.25, -0.2) is 13.4 Å². The number of anilines is 1. The van der Waals surface area contributed by atoms with Crippen molar-refractivity contribution in [2.75, 3.05) is 18.4 Å². The van der Waals surface area contributed by atoms with Crippen molar-refractivity contribution < 1.29 is 13.2 Å². The minimum Gasteiger partial charge on any atom is -0.307 e. The van der Waals surface area contributed by atoms with Gasteiger partial charge in [0.1, 0.15) is 5.82 Å². The molecule has 7 heteroatoms. The van der Waals surface area contributed by atoms with Crippen LogP contribution in [0.5, 0.6) is 0 Å². The Kier molecular flexibility index (Phi) is 5.92. The molecular weight excluding hydrogens is 338 g/mol. The predicted octanol–water partition coefficient (Wildman–Crippen LogP) is 2.98. The molecule has 1 amide bonds. The van der Waals surface area contributed by atoms with Gasteiger partial charge < -0.3 is 5.32 Å². The number of hydrogen-bond donors (Lipinski definition) is 1. The molecule has 0 saturated carbocycles. The molecule has 1 aromatic carbocycles. The SMILES string of the molecule is CCN(CC)S(=O)(=O)c1ccc(C)c(C(=O)Nc2cc(C)ccn2)c1. The summed E-state index contributed by atoms with van der Waals surface area (Å²) in [6, 6.07) is 8.19. The zero-order valence-electron chi connectivity index (χ0n) is 14.9. The van der Waals surface area contributed by atoms with E-state index in [1.165, 1.54) is 16.4 Å².